The summed E-state index contributed by atoms with van der Waals surface area (Å²) < 4.78 is 0. The third kappa shape index (κ3) is 2.70. The van der Waals surface area contributed by atoms with Gasteiger partial charge < -0.3 is 5.32 Å². The minimum atomic E-state index is 0.244. The Labute approximate surface area is 117 Å². The molecule has 0 spiro atoms. The molecule has 0 saturated carbocycles. The van der Waals surface area contributed by atoms with Crippen LogP contribution in [0.25, 0.3) is 0 Å². The molecule has 3 rings (SSSR count). The lowest BCUT2D eigenvalue weighted by Crippen LogP contribution is -2.49. The molecule has 2 atom stereocenters. The molecule has 0 aromatic heterocycles. The number of nitrogens with zero attached hydrogens (tertiary/aromatic N) is 1. The molecule has 1 N–H and O–H groups in total. The smallest absolute Gasteiger partial charge is 0.0252 e. The minimum absolute atomic E-state index is 0.244. The second-order valence-corrected chi connectivity index (χ2v) is 6.98. The quantitative estimate of drug-likeness (QED) is 0.877. The Kier molecular flexibility index (Phi) is 3.40. The Morgan fingerprint density at radius 2 is 2.11 bits per heavy atom. The van der Waals surface area contributed by atoms with Crippen molar-refractivity contribution in [3.05, 3.63) is 35.4 Å². The number of fused-ring (bicyclic) bond motifs is 1. The summed E-state index contributed by atoms with van der Waals surface area (Å²) in [5, 5.41) is 3.67. The first-order chi connectivity index (χ1) is 9.05. The van der Waals surface area contributed by atoms with E-state index in [-0.39, 0.29) is 5.54 Å². The molecule has 0 bridgehead atoms. The van der Waals surface area contributed by atoms with Crippen LogP contribution in [0.1, 0.15) is 44.2 Å². The van der Waals surface area contributed by atoms with Gasteiger partial charge in [-0.05, 0) is 51.3 Å². The van der Waals surface area contributed by atoms with Crippen LogP contribution in [0.5, 0.6) is 0 Å². The molecule has 2 heteroatoms. The maximum absolute atomic E-state index is 3.67. The van der Waals surface area contributed by atoms with E-state index in [1.807, 2.05) is 0 Å². The Bertz CT molecular complexity index is 452. The largest absolute Gasteiger partial charge is 0.310 e. The van der Waals surface area contributed by atoms with Crippen molar-refractivity contribution in [3.63, 3.8) is 0 Å². The van der Waals surface area contributed by atoms with Crippen LogP contribution in [0, 0.1) is 0 Å². The van der Waals surface area contributed by atoms with Gasteiger partial charge in [-0.2, -0.15) is 0 Å². The van der Waals surface area contributed by atoms with Gasteiger partial charge in [-0.25, -0.2) is 0 Å². The van der Waals surface area contributed by atoms with Crippen LogP contribution < -0.4 is 5.32 Å². The summed E-state index contributed by atoms with van der Waals surface area (Å²) in [5.74, 6) is 0.757. The molecule has 104 valence electrons. The van der Waals surface area contributed by atoms with Gasteiger partial charge in [-0.1, -0.05) is 24.3 Å². The second-order valence-electron chi connectivity index (χ2n) is 6.98. The molecule has 19 heavy (non-hydrogen) atoms. The summed E-state index contributed by atoms with van der Waals surface area (Å²) >= 11 is 0. The zero-order valence-electron chi connectivity index (χ0n) is 12.4. The van der Waals surface area contributed by atoms with Gasteiger partial charge >= 0.3 is 0 Å². The van der Waals surface area contributed by atoms with Crippen molar-refractivity contribution in [2.75, 3.05) is 19.6 Å². The lowest BCUT2D eigenvalue weighted by molar-refractivity contribution is 0.165. The van der Waals surface area contributed by atoms with Crippen LogP contribution in [0.4, 0.5) is 0 Å². The molecular formula is C17H26N2. The van der Waals surface area contributed by atoms with Crippen LogP contribution in [0.15, 0.2) is 24.3 Å². The SMILES string of the molecule is CC1CCNC(C)(C)CN1CC1Cc2ccccc21. The average molecular weight is 258 g/mol. The molecule has 0 amide bonds. The van der Waals surface area contributed by atoms with Crippen LogP contribution in [0.2, 0.25) is 0 Å². The normalized spacial score (nSPS) is 30.3. The number of hydrogen-bond acceptors (Lipinski definition) is 2. The van der Waals surface area contributed by atoms with Crippen molar-refractivity contribution in [1.29, 1.82) is 0 Å². The Morgan fingerprint density at radius 3 is 2.89 bits per heavy atom. The topological polar surface area (TPSA) is 15.3 Å². The Balaban J connectivity index is 1.69. The fraction of sp³-hybridized carbons (Fsp3) is 0.647. The molecule has 1 fully saturated rings. The minimum Gasteiger partial charge on any atom is -0.310 e. The molecule has 1 aromatic carbocycles. The van der Waals surface area contributed by atoms with Crippen LogP contribution in [-0.2, 0) is 6.42 Å². The molecule has 1 saturated heterocycles. The van der Waals surface area contributed by atoms with Gasteiger partial charge in [-0.3, -0.25) is 4.90 Å². The maximum Gasteiger partial charge on any atom is 0.0252 e. The summed E-state index contributed by atoms with van der Waals surface area (Å²) in [7, 11) is 0. The molecular weight excluding hydrogens is 232 g/mol. The molecule has 0 radical (unpaired) electrons. The molecule has 2 unspecified atom stereocenters. The van der Waals surface area contributed by atoms with Crippen molar-refractivity contribution in [2.24, 2.45) is 0 Å². The van der Waals surface area contributed by atoms with E-state index in [1.165, 1.54) is 19.4 Å². The van der Waals surface area contributed by atoms with E-state index in [9.17, 15) is 0 Å². The molecule has 1 aromatic rings. The monoisotopic (exact) mass is 258 g/mol. The van der Waals surface area contributed by atoms with Crippen LogP contribution >= 0.6 is 0 Å². The number of benzene rings is 1. The molecule has 1 heterocycles. The van der Waals surface area contributed by atoms with E-state index in [0.29, 0.717) is 6.04 Å². The van der Waals surface area contributed by atoms with Gasteiger partial charge in [0.05, 0.1) is 0 Å². The van der Waals surface area contributed by atoms with Crippen LogP contribution in [0.3, 0.4) is 0 Å². The predicted octanol–water partition coefficient (Wildman–Crippen LogP) is 2.79. The van der Waals surface area contributed by atoms with Gasteiger partial charge in [0.2, 0.25) is 0 Å². The van der Waals surface area contributed by atoms with Gasteiger partial charge in [0.15, 0.2) is 0 Å². The zero-order chi connectivity index (χ0) is 13.5. The fourth-order valence-corrected chi connectivity index (χ4v) is 3.57. The molecule has 2 aliphatic rings. The van der Waals surface area contributed by atoms with Crippen molar-refractivity contribution >= 4 is 0 Å². The van der Waals surface area contributed by atoms with E-state index < -0.39 is 0 Å². The third-order valence-electron chi connectivity index (χ3n) is 4.80. The van der Waals surface area contributed by atoms with Gasteiger partial charge in [-0.15, -0.1) is 0 Å². The molecule has 2 nitrogen and oxygen atoms in total. The lowest BCUT2D eigenvalue weighted by Gasteiger charge is -2.39. The number of nitrogens with one attached hydrogen (secondary N) is 1. The van der Waals surface area contributed by atoms with E-state index in [4.69, 9.17) is 0 Å². The summed E-state index contributed by atoms with van der Waals surface area (Å²) in [6, 6.07) is 9.64. The first kappa shape index (κ1) is 13.1. The fourth-order valence-electron chi connectivity index (χ4n) is 3.57. The van der Waals surface area contributed by atoms with E-state index >= 15 is 0 Å². The Hall–Kier alpha value is -0.860. The first-order valence-electron chi connectivity index (χ1n) is 7.62. The summed E-state index contributed by atoms with van der Waals surface area (Å²) in [6.07, 6.45) is 2.53. The highest BCUT2D eigenvalue weighted by atomic mass is 15.2. The zero-order valence-corrected chi connectivity index (χ0v) is 12.4. The van der Waals surface area contributed by atoms with Gasteiger partial charge in [0.1, 0.15) is 0 Å². The highest BCUT2D eigenvalue weighted by Gasteiger charge is 2.33. The second kappa shape index (κ2) is 4.92. The maximum atomic E-state index is 3.67. The van der Waals surface area contributed by atoms with Crippen molar-refractivity contribution in [3.8, 4) is 0 Å². The molecule has 1 aliphatic carbocycles. The van der Waals surface area contributed by atoms with Gasteiger partial charge in [0, 0.05) is 30.6 Å². The highest BCUT2D eigenvalue weighted by molar-refractivity contribution is 5.40. The van der Waals surface area contributed by atoms with Crippen LogP contribution in [-0.4, -0.2) is 36.1 Å². The summed E-state index contributed by atoms with van der Waals surface area (Å²) in [5.41, 5.74) is 3.39. The van der Waals surface area contributed by atoms with E-state index in [0.717, 1.165) is 19.0 Å². The third-order valence-corrected chi connectivity index (χ3v) is 4.80. The first-order valence-corrected chi connectivity index (χ1v) is 7.62. The Morgan fingerprint density at radius 1 is 1.32 bits per heavy atom. The number of hydrogen-bond donors (Lipinski definition) is 1. The van der Waals surface area contributed by atoms with Crippen molar-refractivity contribution in [2.45, 2.75) is 51.1 Å². The average Bonchev–Trinajstić information content (AvgIpc) is 2.45. The van der Waals surface area contributed by atoms with E-state index in [2.05, 4.69) is 55.3 Å². The molecule has 1 aliphatic heterocycles. The van der Waals surface area contributed by atoms with Gasteiger partial charge in [0.25, 0.3) is 0 Å². The van der Waals surface area contributed by atoms with Crippen molar-refractivity contribution in [1.82, 2.24) is 10.2 Å². The van der Waals surface area contributed by atoms with E-state index in [1.54, 1.807) is 11.1 Å². The predicted molar refractivity (Wildman–Crippen MR) is 80.6 cm³/mol. The summed E-state index contributed by atoms with van der Waals surface area (Å²) in [4.78, 5) is 2.70. The highest BCUT2D eigenvalue weighted by Crippen LogP contribution is 2.36. The summed E-state index contributed by atoms with van der Waals surface area (Å²) in [6.45, 7) is 10.6. The lowest BCUT2D eigenvalue weighted by atomic mass is 9.77. The standard InChI is InChI=1S/C17H26N2/c1-13-8-9-18-17(2,3)12-19(13)11-15-10-14-6-4-5-7-16(14)15/h4-7,13,15,18H,8-12H2,1-3H3. The van der Waals surface area contributed by atoms with Crippen molar-refractivity contribution < 1.29 is 0 Å². The number of rotatable bonds is 2.